The van der Waals surface area contributed by atoms with Crippen molar-refractivity contribution in [3.63, 3.8) is 0 Å². The second-order valence-electron chi connectivity index (χ2n) is 4.77. The molecule has 2 atom stereocenters. The quantitative estimate of drug-likeness (QED) is 0.645. The van der Waals surface area contributed by atoms with E-state index in [1.165, 1.54) is 0 Å². The highest BCUT2D eigenvalue weighted by Gasteiger charge is 2.28. The van der Waals surface area contributed by atoms with Crippen molar-refractivity contribution in [3.8, 4) is 0 Å². The topological polar surface area (TPSA) is 109 Å². The summed E-state index contributed by atoms with van der Waals surface area (Å²) in [6, 6.07) is -0.362. The lowest BCUT2D eigenvalue weighted by Gasteiger charge is -2.20. The summed E-state index contributed by atoms with van der Waals surface area (Å²) in [5, 5.41) is 16.1. The van der Waals surface area contributed by atoms with Crippen LogP contribution in [-0.2, 0) is 9.59 Å². The van der Waals surface area contributed by atoms with E-state index in [-0.39, 0.29) is 23.9 Å². The van der Waals surface area contributed by atoms with Crippen LogP contribution < -0.4 is 16.0 Å². The number of carbonyl (C=O) groups excluding carboxylic acids is 2. The van der Waals surface area contributed by atoms with Crippen molar-refractivity contribution in [1.29, 1.82) is 0 Å². The highest BCUT2D eigenvalue weighted by molar-refractivity contribution is 6.01. The standard InChI is InChI=1S/C12H19N5O3/c1-3-6-13-7(2)11-16-17-12(20-11)14-8-4-5-9(18)15-10(8)19/h7-8,13H,3-6H2,1-2H3,(H,14,17)(H,15,18,19). The first-order valence-electron chi connectivity index (χ1n) is 6.77. The largest absolute Gasteiger partial charge is 0.406 e. The Morgan fingerprint density at radius 3 is 2.95 bits per heavy atom. The Labute approximate surface area is 116 Å². The summed E-state index contributed by atoms with van der Waals surface area (Å²) < 4.78 is 5.46. The number of hydrogen-bond donors (Lipinski definition) is 3. The lowest BCUT2D eigenvalue weighted by atomic mass is 10.1. The van der Waals surface area contributed by atoms with Gasteiger partial charge in [-0.2, -0.15) is 0 Å². The number of amides is 2. The van der Waals surface area contributed by atoms with Crippen molar-refractivity contribution in [2.45, 2.75) is 45.2 Å². The fraction of sp³-hybridized carbons (Fsp3) is 0.667. The average Bonchev–Trinajstić information content (AvgIpc) is 2.88. The van der Waals surface area contributed by atoms with E-state index >= 15 is 0 Å². The van der Waals surface area contributed by atoms with Gasteiger partial charge in [0.2, 0.25) is 17.7 Å². The molecule has 2 amide bonds. The van der Waals surface area contributed by atoms with Crippen molar-refractivity contribution in [2.75, 3.05) is 11.9 Å². The highest BCUT2D eigenvalue weighted by atomic mass is 16.4. The monoisotopic (exact) mass is 281 g/mol. The van der Waals surface area contributed by atoms with Gasteiger partial charge in [-0.3, -0.25) is 14.9 Å². The molecule has 2 heterocycles. The van der Waals surface area contributed by atoms with Crippen molar-refractivity contribution < 1.29 is 14.0 Å². The zero-order valence-electron chi connectivity index (χ0n) is 11.6. The third-order valence-electron chi connectivity index (χ3n) is 3.05. The molecule has 20 heavy (non-hydrogen) atoms. The zero-order chi connectivity index (χ0) is 14.5. The molecule has 0 radical (unpaired) electrons. The molecule has 2 rings (SSSR count). The molecular weight excluding hydrogens is 262 g/mol. The van der Waals surface area contributed by atoms with Crippen molar-refractivity contribution in [1.82, 2.24) is 20.8 Å². The lowest BCUT2D eigenvalue weighted by Crippen LogP contribution is -2.47. The van der Waals surface area contributed by atoms with Gasteiger partial charge in [0.1, 0.15) is 6.04 Å². The zero-order valence-corrected chi connectivity index (χ0v) is 11.6. The Bertz CT molecular complexity index is 487. The number of hydrogen-bond acceptors (Lipinski definition) is 7. The smallest absolute Gasteiger partial charge is 0.316 e. The normalized spacial score (nSPS) is 20.6. The van der Waals surface area contributed by atoms with E-state index in [4.69, 9.17) is 4.42 Å². The van der Waals surface area contributed by atoms with Crippen LogP contribution in [0.2, 0.25) is 0 Å². The van der Waals surface area contributed by atoms with Crippen LogP contribution in [0.4, 0.5) is 6.01 Å². The van der Waals surface area contributed by atoms with Crippen LogP contribution in [0, 0.1) is 0 Å². The molecule has 1 fully saturated rings. The molecule has 0 aliphatic carbocycles. The molecule has 0 spiro atoms. The van der Waals surface area contributed by atoms with Crippen LogP contribution in [0.5, 0.6) is 0 Å². The summed E-state index contributed by atoms with van der Waals surface area (Å²) in [5.74, 6) is -0.150. The number of carbonyl (C=O) groups is 2. The van der Waals surface area contributed by atoms with E-state index in [0.29, 0.717) is 18.7 Å². The molecule has 0 bridgehead atoms. The van der Waals surface area contributed by atoms with E-state index < -0.39 is 6.04 Å². The maximum atomic E-state index is 11.6. The minimum atomic E-state index is -0.514. The Hall–Kier alpha value is -1.96. The predicted octanol–water partition coefficient (Wildman–Crippen LogP) is 0.347. The van der Waals surface area contributed by atoms with Crippen molar-refractivity contribution in [2.24, 2.45) is 0 Å². The van der Waals surface area contributed by atoms with E-state index in [1.807, 2.05) is 6.92 Å². The first kappa shape index (κ1) is 14.4. The average molecular weight is 281 g/mol. The molecule has 0 aromatic carbocycles. The second kappa shape index (κ2) is 6.47. The van der Waals surface area contributed by atoms with Crippen LogP contribution in [0.15, 0.2) is 4.42 Å². The summed E-state index contributed by atoms with van der Waals surface area (Å²) in [6.45, 7) is 4.86. The van der Waals surface area contributed by atoms with Gasteiger partial charge >= 0.3 is 6.01 Å². The highest BCUT2D eigenvalue weighted by Crippen LogP contribution is 2.16. The predicted molar refractivity (Wildman–Crippen MR) is 70.8 cm³/mol. The Balaban J connectivity index is 1.92. The maximum absolute atomic E-state index is 11.6. The molecule has 0 saturated carbocycles. The van der Waals surface area contributed by atoms with E-state index in [2.05, 4.69) is 33.1 Å². The van der Waals surface area contributed by atoms with Gasteiger partial charge in [-0.25, -0.2) is 0 Å². The Kier molecular flexibility index (Phi) is 4.67. The number of rotatable bonds is 6. The van der Waals surface area contributed by atoms with Gasteiger partial charge < -0.3 is 15.1 Å². The number of anilines is 1. The third kappa shape index (κ3) is 3.53. The van der Waals surface area contributed by atoms with Crippen LogP contribution in [0.3, 0.4) is 0 Å². The van der Waals surface area contributed by atoms with Gasteiger partial charge in [-0.15, -0.1) is 5.10 Å². The first-order valence-corrected chi connectivity index (χ1v) is 6.77. The van der Waals surface area contributed by atoms with Gasteiger partial charge in [-0.05, 0) is 26.3 Å². The molecule has 1 aliphatic heterocycles. The Morgan fingerprint density at radius 2 is 2.25 bits per heavy atom. The summed E-state index contributed by atoms with van der Waals surface area (Å²) in [7, 11) is 0. The van der Waals surface area contributed by atoms with Crippen LogP contribution in [0.1, 0.15) is 45.0 Å². The maximum Gasteiger partial charge on any atom is 0.316 e. The molecule has 110 valence electrons. The van der Waals surface area contributed by atoms with Gasteiger partial charge in [-0.1, -0.05) is 12.0 Å². The molecular formula is C12H19N5O3. The minimum absolute atomic E-state index is 0.0419. The number of piperidine rings is 1. The van der Waals surface area contributed by atoms with Gasteiger partial charge in [0, 0.05) is 6.42 Å². The van der Waals surface area contributed by atoms with Gasteiger partial charge in [0.15, 0.2) is 0 Å². The van der Waals surface area contributed by atoms with Crippen molar-refractivity contribution in [3.05, 3.63) is 5.89 Å². The van der Waals surface area contributed by atoms with Crippen LogP contribution in [0.25, 0.3) is 0 Å². The summed E-state index contributed by atoms with van der Waals surface area (Å²) in [6.07, 6.45) is 1.74. The summed E-state index contributed by atoms with van der Waals surface area (Å²) >= 11 is 0. The lowest BCUT2D eigenvalue weighted by molar-refractivity contribution is -0.133. The fourth-order valence-electron chi connectivity index (χ4n) is 1.90. The van der Waals surface area contributed by atoms with Crippen LogP contribution >= 0.6 is 0 Å². The molecule has 1 aromatic heterocycles. The molecule has 8 heteroatoms. The third-order valence-corrected chi connectivity index (χ3v) is 3.05. The van der Waals surface area contributed by atoms with Gasteiger partial charge in [0.25, 0.3) is 0 Å². The van der Waals surface area contributed by atoms with Crippen molar-refractivity contribution >= 4 is 17.8 Å². The number of nitrogens with one attached hydrogen (secondary N) is 3. The van der Waals surface area contributed by atoms with E-state index in [0.717, 1.165) is 13.0 Å². The molecule has 2 unspecified atom stereocenters. The SMILES string of the molecule is CCCNC(C)c1nnc(NC2CCC(=O)NC2=O)o1. The summed E-state index contributed by atoms with van der Waals surface area (Å²) in [4.78, 5) is 22.6. The Morgan fingerprint density at radius 1 is 1.45 bits per heavy atom. The second-order valence-corrected chi connectivity index (χ2v) is 4.77. The van der Waals surface area contributed by atoms with E-state index in [9.17, 15) is 9.59 Å². The number of imide groups is 1. The molecule has 8 nitrogen and oxygen atoms in total. The van der Waals surface area contributed by atoms with E-state index in [1.54, 1.807) is 0 Å². The van der Waals surface area contributed by atoms with Crippen LogP contribution in [-0.4, -0.2) is 34.6 Å². The fourth-order valence-corrected chi connectivity index (χ4v) is 1.90. The first-order chi connectivity index (χ1) is 9.60. The molecule has 1 aliphatic rings. The minimum Gasteiger partial charge on any atom is -0.406 e. The number of aromatic nitrogens is 2. The molecule has 3 N–H and O–H groups in total. The molecule has 1 saturated heterocycles. The number of nitrogens with zero attached hydrogens (tertiary/aromatic N) is 2. The molecule has 1 aromatic rings. The van der Waals surface area contributed by atoms with Gasteiger partial charge in [0.05, 0.1) is 6.04 Å². The summed E-state index contributed by atoms with van der Waals surface area (Å²) in [5.41, 5.74) is 0.